The van der Waals surface area contributed by atoms with Gasteiger partial charge in [0.15, 0.2) is 9.84 Å². The molecule has 0 radical (unpaired) electrons. The minimum absolute atomic E-state index is 0. The standard InChI is InChI=1S/C34H29ClN8O20S6.5Na/c1-16(31(45)37-18-4-2-5-19(14-18)64(46,47)11-10-63-69(60,61)62)36-33-39-32(35)40-34(41-33)38-24-15-20(65(48,49)50)12-17-13-26(67(54,55)56)28(29(44)27(17)24)43-42-23-9-8-21-22(30(23)68(57,58)59)6-3-7-25(21)66(51,52)53;;;;;/h2-9,12-16,44H,10-11H2,1H3,(H,37,45)(H,48,49,50)(H,51,52,53)(H,54,55,56)(H,57,58,59)(H,60,61,62)(H2,36,38,39,40,41);;;;;/q;5*+1/p-5. The molecular weight excluding hydrogens is 1180 g/mol. The van der Waals surface area contributed by atoms with Gasteiger partial charge in [0.05, 0.1) is 49.4 Å². The minimum atomic E-state index is -5.81. The number of nitrogens with zero attached hydrogens (tertiary/aromatic N) is 6. The first-order chi connectivity index (χ1) is 31.7. The Labute approximate surface area is 536 Å². The van der Waals surface area contributed by atoms with Crippen molar-refractivity contribution in [2.75, 3.05) is 23.0 Å². The molecule has 74 heavy (non-hydrogen) atoms. The predicted octanol–water partition coefficient (Wildman–Crippen LogP) is -13.5. The number of nitrogens with one attached hydrogen (secondary N) is 2. The van der Waals surface area contributed by atoms with Gasteiger partial charge in [0.2, 0.25) is 17.2 Å². The van der Waals surface area contributed by atoms with Gasteiger partial charge in [0.1, 0.15) is 40.9 Å². The number of aliphatic imine (C=N–C) groups is 1. The van der Waals surface area contributed by atoms with Crippen LogP contribution in [-0.4, -0.2) is 113 Å². The summed E-state index contributed by atoms with van der Waals surface area (Å²) in [4.78, 5) is 10.3. The average molecular weight is 1210 g/mol. The van der Waals surface area contributed by atoms with Gasteiger partial charge in [-0.2, -0.15) is 31.8 Å². The van der Waals surface area contributed by atoms with Crippen LogP contribution in [-0.2, 0) is 64.9 Å². The van der Waals surface area contributed by atoms with Crippen molar-refractivity contribution in [3.05, 3.63) is 78.1 Å². The molecule has 0 saturated carbocycles. The summed E-state index contributed by atoms with van der Waals surface area (Å²) in [5.41, 5.74) is -3.18. The molecule has 6 rings (SSSR count). The van der Waals surface area contributed by atoms with Crippen molar-refractivity contribution in [3.63, 3.8) is 0 Å². The first kappa shape index (κ1) is 70.9. The number of azo groups is 1. The van der Waals surface area contributed by atoms with Crippen molar-refractivity contribution in [1.82, 2.24) is 15.0 Å². The van der Waals surface area contributed by atoms with Gasteiger partial charge in [-0.25, -0.2) is 37.9 Å². The van der Waals surface area contributed by atoms with Gasteiger partial charge in [0, 0.05) is 16.5 Å². The Bertz CT molecular complexity index is 3910. The van der Waals surface area contributed by atoms with E-state index < -0.39 is 171 Å². The Balaban J connectivity index is 0.00000548. The molecule has 1 unspecified atom stereocenters. The van der Waals surface area contributed by atoms with Gasteiger partial charge in [-0.05, 0) is 83.7 Å². The monoisotopic (exact) mass is 1210 g/mol. The predicted molar refractivity (Wildman–Crippen MR) is 230 cm³/mol. The van der Waals surface area contributed by atoms with Crippen molar-refractivity contribution in [2.45, 2.75) is 37.4 Å². The van der Waals surface area contributed by atoms with Crippen LogP contribution in [0.3, 0.4) is 0 Å². The Morgan fingerprint density at radius 2 is 1.32 bits per heavy atom. The summed E-state index contributed by atoms with van der Waals surface area (Å²) in [6.07, 6.45) is 0. The number of sulfone groups is 1. The van der Waals surface area contributed by atoms with Gasteiger partial charge in [-0.1, -0.05) is 30.0 Å². The van der Waals surface area contributed by atoms with E-state index in [1.807, 2.05) is 0 Å². The van der Waals surface area contributed by atoms with E-state index in [-0.39, 0.29) is 153 Å². The maximum absolute atomic E-state index is 14.2. The summed E-state index contributed by atoms with van der Waals surface area (Å²) in [5, 5.41) is 36.0. The van der Waals surface area contributed by atoms with Crippen LogP contribution in [0, 0.1) is 0 Å². The number of fused-ring (bicyclic) bond motifs is 2. The molecule has 28 nitrogen and oxygen atoms in total. The molecule has 0 fully saturated rings. The number of rotatable bonds is 17. The summed E-state index contributed by atoms with van der Waals surface area (Å²) in [7, 11) is -31.1. The van der Waals surface area contributed by atoms with Crippen LogP contribution < -0.4 is 169 Å². The van der Waals surface area contributed by atoms with Crippen LogP contribution in [0.4, 0.5) is 34.6 Å². The van der Waals surface area contributed by atoms with E-state index in [0.717, 1.165) is 36.4 Å². The number of benzene rings is 5. The Kier molecular flexibility index (Phi) is 26.2. The summed E-state index contributed by atoms with van der Waals surface area (Å²) in [6, 6.07) is 8.89. The number of anilines is 3. The van der Waals surface area contributed by atoms with Gasteiger partial charge >= 0.3 is 158 Å². The number of aromatic nitrogens is 3. The largest absolute Gasteiger partial charge is 1.00 e. The molecule has 0 saturated heterocycles. The molecule has 6 aromatic rings. The second-order valence-electron chi connectivity index (χ2n) is 13.7. The number of halogens is 1. The summed E-state index contributed by atoms with van der Waals surface area (Å²) in [5.74, 6) is -4.65. The zero-order valence-corrected chi connectivity index (χ0v) is 54.3. The Morgan fingerprint density at radius 1 is 0.716 bits per heavy atom. The molecule has 40 heteroatoms. The van der Waals surface area contributed by atoms with Crippen molar-refractivity contribution >= 4 is 134 Å². The summed E-state index contributed by atoms with van der Waals surface area (Å²) < 4.78 is 205. The Hall–Kier alpha value is -1.15. The van der Waals surface area contributed by atoms with Crippen molar-refractivity contribution < 1.29 is 235 Å². The van der Waals surface area contributed by atoms with Crippen LogP contribution in [0.5, 0.6) is 5.75 Å². The van der Waals surface area contributed by atoms with E-state index in [9.17, 15) is 78.9 Å². The third-order valence-electron chi connectivity index (χ3n) is 8.97. The van der Waals surface area contributed by atoms with Crippen LogP contribution in [0.25, 0.3) is 21.5 Å². The minimum Gasteiger partial charge on any atom is -0.870 e. The van der Waals surface area contributed by atoms with E-state index in [2.05, 4.69) is 45.0 Å². The molecule has 0 aliphatic rings. The van der Waals surface area contributed by atoms with Crippen LogP contribution >= 0.6 is 11.6 Å². The zero-order valence-electron chi connectivity index (χ0n) is 38.7. The molecule has 0 bridgehead atoms. The van der Waals surface area contributed by atoms with Gasteiger partial charge in [-0.15, -0.1) is 10.2 Å². The molecule has 0 aliphatic carbocycles. The molecular formula is C34H24ClN8Na5O20S6. The fraction of sp³-hybridized carbons (Fsp3) is 0.118. The molecule has 5 aromatic carbocycles. The second-order valence-corrected chi connectivity index (χ2v) is 22.7. The molecule has 4 N–H and O–H groups in total. The molecule has 1 aromatic heterocycles. The topological polar surface area (TPSA) is 470 Å². The van der Waals surface area contributed by atoms with Gasteiger partial charge in [0.25, 0.3) is 10.1 Å². The van der Waals surface area contributed by atoms with Crippen LogP contribution in [0.2, 0.25) is 5.28 Å². The van der Waals surface area contributed by atoms with Crippen LogP contribution in [0.1, 0.15) is 6.92 Å². The molecule has 0 spiro atoms. The molecule has 1 heterocycles. The fourth-order valence-corrected chi connectivity index (χ4v) is 10.5. The quantitative estimate of drug-likeness (QED) is 0.0217. The van der Waals surface area contributed by atoms with Crippen molar-refractivity contribution in [3.8, 4) is 5.75 Å². The van der Waals surface area contributed by atoms with Crippen molar-refractivity contribution in [1.29, 1.82) is 0 Å². The molecule has 368 valence electrons. The molecule has 0 aliphatic heterocycles. The van der Waals surface area contributed by atoms with E-state index >= 15 is 0 Å². The third kappa shape index (κ3) is 17.9. The maximum atomic E-state index is 14.2. The van der Waals surface area contributed by atoms with Crippen LogP contribution in [0.15, 0.2) is 112 Å². The smallest absolute Gasteiger partial charge is 0.870 e. The van der Waals surface area contributed by atoms with E-state index in [0.29, 0.717) is 24.3 Å². The zero-order chi connectivity index (χ0) is 51.2. The number of hydrogen-bond acceptors (Lipinski definition) is 26. The average Bonchev–Trinajstić information content (AvgIpc) is 3.20. The SMILES string of the molecule is CC(Nc1nc(Cl)nc(Nc2cc(S(=O)(=O)[O-])cc3cc(S(=O)(=O)[O-])c(N=Nc4ccc5c(S(=O)(=O)[O-])cccc5c4S(=O)(=O)O)c([O-])c23)n1)C([O-])=Nc1cccc(S(=O)(=O)CCOS(=O)(=O)O)c1.[Na+].[Na+].[Na+].[Na+].[Na+]. The normalized spacial score (nSPS) is 12.9. The van der Waals surface area contributed by atoms with Crippen molar-refractivity contribution in [2.24, 2.45) is 15.2 Å². The van der Waals surface area contributed by atoms with E-state index in [4.69, 9.17) is 16.2 Å². The van der Waals surface area contributed by atoms with Gasteiger partial charge in [-0.3, -0.25) is 14.1 Å². The van der Waals surface area contributed by atoms with E-state index in [1.54, 1.807) is 0 Å². The van der Waals surface area contributed by atoms with E-state index in [1.165, 1.54) is 19.1 Å². The summed E-state index contributed by atoms with van der Waals surface area (Å²) in [6.45, 7) is 0.291. The second kappa shape index (κ2) is 27.3. The summed E-state index contributed by atoms with van der Waals surface area (Å²) >= 11 is 6.09. The first-order valence-corrected chi connectivity index (χ1v) is 27.1. The molecule has 0 amide bonds. The third-order valence-corrected chi connectivity index (χ3v) is 14.8. The fourth-order valence-electron chi connectivity index (χ4n) is 6.12. The Morgan fingerprint density at radius 3 is 1.91 bits per heavy atom. The molecule has 1 atom stereocenters. The van der Waals surface area contributed by atoms with Gasteiger partial charge < -0.3 is 34.5 Å². The maximum Gasteiger partial charge on any atom is 1.00 e. The number of hydrogen-bond donors (Lipinski definition) is 4. The first-order valence-electron chi connectivity index (χ1n) is 18.0.